The van der Waals surface area contributed by atoms with Gasteiger partial charge in [0, 0.05) is 18.8 Å². The van der Waals surface area contributed by atoms with Crippen LogP contribution in [0.3, 0.4) is 0 Å². The first-order valence-corrected chi connectivity index (χ1v) is 6.40. The Hall–Kier alpha value is -1.75. The largest absolute Gasteiger partial charge is 0.494 e. The van der Waals surface area contributed by atoms with Crippen molar-refractivity contribution in [2.75, 3.05) is 32.2 Å². The van der Waals surface area contributed by atoms with Crippen molar-refractivity contribution in [3.63, 3.8) is 0 Å². The zero-order chi connectivity index (χ0) is 14.1. The van der Waals surface area contributed by atoms with Crippen LogP contribution in [0.5, 0.6) is 5.75 Å². The van der Waals surface area contributed by atoms with E-state index in [0.29, 0.717) is 13.2 Å². The normalized spacial score (nSPS) is 11.7. The molecular formula is C14H22N2O3. The highest BCUT2D eigenvalue weighted by Crippen LogP contribution is 2.15. The molecule has 0 radical (unpaired) electrons. The third-order valence-corrected chi connectivity index (χ3v) is 2.44. The van der Waals surface area contributed by atoms with Crippen molar-refractivity contribution >= 4 is 11.6 Å². The fourth-order valence-electron chi connectivity index (χ4n) is 1.64. The van der Waals surface area contributed by atoms with Crippen LogP contribution < -0.4 is 15.4 Å². The summed E-state index contributed by atoms with van der Waals surface area (Å²) in [5.74, 6) is 0.768. The van der Waals surface area contributed by atoms with Crippen LogP contribution in [0.2, 0.25) is 0 Å². The van der Waals surface area contributed by atoms with E-state index in [1.54, 1.807) is 7.11 Å². The van der Waals surface area contributed by atoms with Gasteiger partial charge in [-0.25, -0.2) is 0 Å². The van der Waals surface area contributed by atoms with Gasteiger partial charge in [0.1, 0.15) is 5.75 Å². The molecule has 5 heteroatoms. The summed E-state index contributed by atoms with van der Waals surface area (Å²) in [5.41, 5.74) is 0.887. The summed E-state index contributed by atoms with van der Waals surface area (Å²) in [6.45, 7) is 5.24. The van der Waals surface area contributed by atoms with Crippen LogP contribution in [-0.2, 0) is 9.53 Å². The highest BCUT2D eigenvalue weighted by Gasteiger charge is 2.06. The molecule has 1 amide bonds. The van der Waals surface area contributed by atoms with Crippen molar-refractivity contribution in [3.05, 3.63) is 24.3 Å². The average molecular weight is 266 g/mol. The topological polar surface area (TPSA) is 59.6 Å². The first-order valence-electron chi connectivity index (χ1n) is 6.40. The quantitative estimate of drug-likeness (QED) is 0.751. The van der Waals surface area contributed by atoms with E-state index in [1.165, 1.54) is 0 Å². The lowest BCUT2D eigenvalue weighted by Gasteiger charge is -2.13. The van der Waals surface area contributed by atoms with Crippen LogP contribution in [0.4, 0.5) is 5.69 Å². The molecule has 2 N–H and O–H groups in total. The van der Waals surface area contributed by atoms with Crippen molar-refractivity contribution in [1.82, 2.24) is 5.32 Å². The third kappa shape index (κ3) is 6.10. The van der Waals surface area contributed by atoms with Gasteiger partial charge in [0.25, 0.3) is 0 Å². The van der Waals surface area contributed by atoms with Gasteiger partial charge in [0.2, 0.25) is 5.91 Å². The molecule has 1 aromatic carbocycles. The summed E-state index contributed by atoms with van der Waals surface area (Å²) in [6.07, 6.45) is 0. The predicted molar refractivity (Wildman–Crippen MR) is 75.6 cm³/mol. The number of rotatable bonds is 8. The van der Waals surface area contributed by atoms with E-state index >= 15 is 0 Å². The number of hydrogen-bond donors (Lipinski definition) is 2. The number of carbonyl (C=O) groups excluding carboxylic acids is 1. The van der Waals surface area contributed by atoms with Gasteiger partial charge in [-0.3, -0.25) is 4.79 Å². The van der Waals surface area contributed by atoms with E-state index in [1.807, 2.05) is 38.1 Å². The summed E-state index contributed by atoms with van der Waals surface area (Å²) in [4.78, 5) is 11.6. The van der Waals surface area contributed by atoms with Crippen LogP contribution in [0, 0.1) is 0 Å². The molecule has 0 aliphatic rings. The molecule has 0 aromatic heterocycles. The van der Waals surface area contributed by atoms with Crippen molar-refractivity contribution in [2.45, 2.75) is 19.9 Å². The number of hydrogen-bond acceptors (Lipinski definition) is 4. The van der Waals surface area contributed by atoms with Gasteiger partial charge in [-0.05, 0) is 38.1 Å². The Morgan fingerprint density at radius 1 is 1.32 bits per heavy atom. The minimum Gasteiger partial charge on any atom is -0.494 e. The molecule has 0 heterocycles. The second-order valence-corrected chi connectivity index (χ2v) is 4.23. The molecule has 0 saturated carbocycles. The molecule has 1 aromatic rings. The first kappa shape index (κ1) is 15.3. The predicted octanol–water partition coefficient (Wildman–Crippen LogP) is 1.65. The monoisotopic (exact) mass is 266 g/mol. The number of anilines is 1. The van der Waals surface area contributed by atoms with Gasteiger partial charge in [0.15, 0.2) is 0 Å². The first-order chi connectivity index (χ1) is 9.15. The molecule has 19 heavy (non-hydrogen) atoms. The van der Waals surface area contributed by atoms with Gasteiger partial charge >= 0.3 is 0 Å². The summed E-state index contributed by atoms with van der Waals surface area (Å²) in [6, 6.07) is 7.53. The second-order valence-electron chi connectivity index (χ2n) is 4.23. The number of nitrogens with one attached hydrogen (secondary N) is 2. The van der Waals surface area contributed by atoms with Gasteiger partial charge in [0.05, 0.1) is 19.8 Å². The van der Waals surface area contributed by atoms with E-state index in [4.69, 9.17) is 9.47 Å². The maximum atomic E-state index is 11.6. The average Bonchev–Trinajstić information content (AvgIpc) is 2.38. The number of amides is 1. The Labute approximate surface area is 114 Å². The second kappa shape index (κ2) is 8.37. The van der Waals surface area contributed by atoms with Crippen LogP contribution in [0.1, 0.15) is 13.8 Å². The SMILES string of the molecule is CCOc1ccc(NCC(=O)NC(C)COC)cc1. The standard InChI is InChI=1S/C14H22N2O3/c1-4-19-13-7-5-12(6-8-13)15-9-14(17)16-11(2)10-18-3/h5-8,11,15H,4,9-10H2,1-3H3,(H,16,17). The minimum absolute atomic E-state index is 0.0135. The van der Waals surface area contributed by atoms with E-state index in [-0.39, 0.29) is 18.5 Å². The van der Waals surface area contributed by atoms with Gasteiger partial charge in [-0.15, -0.1) is 0 Å². The van der Waals surface area contributed by atoms with E-state index in [9.17, 15) is 4.79 Å². The van der Waals surface area contributed by atoms with Crippen molar-refractivity contribution in [2.24, 2.45) is 0 Å². The molecular weight excluding hydrogens is 244 g/mol. The molecule has 1 atom stereocenters. The summed E-state index contributed by atoms with van der Waals surface area (Å²) in [7, 11) is 1.61. The Kier molecular flexibility index (Phi) is 6.74. The maximum absolute atomic E-state index is 11.6. The number of ether oxygens (including phenoxy) is 2. The van der Waals surface area contributed by atoms with Crippen molar-refractivity contribution in [3.8, 4) is 5.75 Å². The number of benzene rings is 1. The molecule has 1 rings (SSSR count). The van der Waals surface area contributed by atoms with Crippen LogP contribution in [-0.4, -0.2) is 38.8 Å². The summed E-state index contributed by atoms with van der Waals surface area (Å²) in [5, 5.41) is 5.88. The van der Waals surface area contributed by atoms with Crippen LogP contribution in [0.25, 0.3) is 0 Å². The lowest BCUT2D eigenvalue weighted by molar-refractivity contribution is -0.120. The van der Waals surface area contributed by atoms with Crippen molar-refractivity contribution < 1.29 is 14.3 Å². The van der Waals surface area contributed by atoms with E-state index < -0.39 is 0 Å². The summed E-state index contributed by atoms with van der Waals surface area (Å²) < 4.78 is 10.3. The van der Waals surface area contributed by atoms with Crippen LogP contribution in [0.15, 0.2) is 24.3 Å². The number of methoxy groups -OCH3 is 1. The molecule has 0 fully saturated rings. The molecule has 0 bridgehead atoms. The van der Waals surface area contributed by atoms with Crippen molar-refractivity contribution in [1.29, 1.82) is 0 Å². The minimum atomic E-state index is -0.0570. The van der Waals surface area contributed by atoms with Gasteiger partial charge in [-0.2, -0.15) is 0 Å². The zero-order valence-electron chi connectivity index (χ0n) is 11.7. The van der Waals surface area contributed by atoms with E-state index in [2.05, 4.69) is 10.6 Å². The molecule has 1 unspecified atom stereocenters. The highest BCUT2D eigenvalue weighted by atomic mass is 16.5. The molecule has 106 valence electrons. The Bertz CT molecular complexity index is 379. The Morgan fingerprint density at radius 3 is 2.58 bits per heavy atom. The Balaban J connectivity index is 2.33. The highest BCUT2D eigenvalue weighted by molar-refractivity contribution is 5.80. The fourth-order valence-corrected chi connectivity index (χ4v) is 1.64. The maximum Gasteiger partial charge on any atom is 0.239 e. The smallest absolute Gasteiger partial charge is 0.239 e. The molecule has 0 aliphatic carbocycles. The third-order valence-electron chi connectivity index (χ3n) is 2.44. The number of carbonyl (C=O) groups is 1. The lowest BCUT2D eigenvalue weighted by Crippen LogP contribution is -2.39. The fraction of sp³-hybridized carbons (Fsp3) is 0.500. The van der Waals surface area contributed by atoms with Gasteiger partial charge < -0.3 is 20.1 Å². The zero-order valence-corrected chi connectivity index (χ0v) is 11.7. The molecule has 5 nitrogen and oxygen atoms in total. The lowest BCUT2D eigenvalue weighted by atomic mass is 10.3. The molecule has 0 saturated heterocycles. The van der Waals surface area contributed by atoms with Gasteiger partial charge in [-0.1, -0.05) is 0 Å². The van der Waals surface area contributed by atoms with E-state index in [0.717, 1.165) is 11.4 Å². The Morgan fingerprint density at radius 2 is 2.00 bits per heavy atom. The molecule has 0 spiro atoms. The molecule has 0 aliphatic heterocycles. The van der Waals surface area contributed by atoms with Crippen LogP contribution >= 0.6 is 0 Å². The summed E-state index contributed by atoms with van der Waals surface area (Å²) >= 11 is 0.